The van der Waals surface area contributed by atoms with Gasteiger partial charge < -0.3 is 5.11 Å². The topological polar surface area (TPSA) is 38.7 Å². The van der Waals surface area contributed by atoms with Crippen LogP contribution < -0.4 is 0 Å². The number of aliphatic hydroxyl groups excluding tert-OH is 1. The molecule has 0 unspecified atom stereocenters. The standard InChI is InChI=1S/C12H3F23O3/c13-2(14,1-36)3(15,16)9(28,29)37-11(32,33)6(21,22)7(23,24)12(34,35)38-10(30,31)5(19,20)4(17,18)8(25,26)27/h36H,1H2. The first-order valence-electron chi connectivity index (χ1n) is 7.83. The highest BCUT2D eigenvalue weighted by Crippen LogP contribution is 2.60. The second kappa shape index (κ2) is 9.15. The minimum Gasteiger partial charge on any atom is -0.390 e. The second-order valence-corrected chi connectivity index (χ2v) is 6.50. The summed E-state index contributed by atoms with van der Waals surface area (Å²) in [5.41, 5.74) is 0. The van der Waals surface area contributed by atoms with Gasteiger partial charge in [0.05, 0.1) is 0 Å². The van der Waals surface area contributed by atoms with Crippen LogP contribution in [0.2, 0.25) is 0 Å². The summed E-state index contributed by atoms with van der Waals surface area (Å²) in [7, 11) is 0. The van der Waals surface area contributed by atoms with Crippen LogP contribution in [-0.2, 0) is 9.47 Å². The summed E-state index contributed by atoms with van der Waals surface area (Å²) in [4.78, 5) is 0. The van der Waals surface area contributed by atoms with Gasteiger partial charge in [0.15, 0.2) is 0 Å². The zero-order chi connectivity index (χ0) is 31.6. The molecule has 0 amide bonds. The Bertz CT molecular complexity index is 841. The van der Waals surface area contributed by atoms with Crippen LogP contribution in [0.25, 0.3) is 0 Å². The molecule has 38 heavy (non-hydrogen) atoms. The SMILES string of the molecule is OCC(F)(F)C(F)(F)C(F)(F)OC(F)(F)C(F)(F)C(F)(F)C(F)(F)OC(F)(F)C(F)(F)C(F)(F)C(F)(F)F. The zero-order valence-electron chi connectivity index (χ0n) is 16.2. The van der Waals surface area contributed by atoms with E-state index in [1.165, 1.54) is 0 Å². The summed E-state index contributed by atoms with van der Waals surface area (Å²) in [6, 6.07) is 0. The monoisotopic (exact) mass is 632 g/mol. The van der Waals surface area contributed by atoms with E-state index >= 15 is 0 Å². The molecule has 1 N–H and O–H groups in total. The summed E-state index contributed by atoms with van der Waals surface area (Å²) < 4.78 is 297. The molecule has 3 nitrogen and oxygen atoms in total. The van der Waals surface area contributed by atoms with Crippen molar-refractivity contribution in [2.45, 2.75) is 66.1 Å². The van der Waals surface area contributed by atoms with Crippen LogP contribution in [0.3, 0.4) is 0 Å². The Balaban J connectivity index is 6.58. The van der Waals surface area contributed by atoms with Crippen LogP contribution in [0.1, 0.15) is 0 Å². The highest BCUT2D eigenvalue weighted by Gasteiger charge is 2.89. The van der Waals surface area contributed by atoms with Gasteiger partial charge in [-0.15, -0.1) is 0 Å². The molecular formula is C12H3F23O3. The average molecular weight is 632 g/mol. The Hall–Kier alpha value is -1.73. The molecule has 0 aromatic carbocycles. The molecule has 0 bridgehead atoms. The lowest BCUT2D eigenvalue weighted by atomic mass is 10.1. The zero-order valence-corrected chi connectivity index (χ0v) is 16.2. The van der Waals surface area contributed by atoms with Crippen LogP contribution in [0, 0.1) is 0 Å². The Kier molecular flexibility index (Phi) is 8.74. The van der Waals surface area contributed by atoms with Crippen molar-refractivity contribution < 1.29 is 116 Å². The number of aliphatic hydroxyl groups is 1. The lowest BCUT2D eigenvalue weighted by molar-refractivity contribution is -0.543. The first-order chi connectivity index (χ1) is 16.0. The van der Waals surface area contributed by atoms with E-state index in [1.54, 1.807) is 0 Å². The van der Waals surface area contributed by atoms with Gasteiger partial charge in [-0.3, -0.25) is 0 Å². The van der Waals surface area contributed by atoms with Gasteiger partial charge in [0.2, 0.25) is 0 Å². The fourth-order valence-electron chi connectivity index (χ4n) is 1.62. The van der Waals surface area contributed by atoms with E-state index in [2.05, 4.69) is 0 Å². The molecule has 0 saturated carbocycles. The molecule has 0 fully saturated rings. The van der Waals surface area contributed by atoms with E-state index in [0.29, 0.717) is 0 Å². The highest BCUT2D eigenvalue weighted by atomic mass is 19.4. The molecule has 26 heteroatoms. The van der Waals surface area contributed by atoms with E-state index in [0.717, 1.165) is 9.47 Å². The molecule has 0 aromatic heterocycles. The molecule has 0 spiro atoms. The molecule has 0 atom stereocenters. The Morgan fingerprint density at radius 3 is 0.763 bits per heavy atom. The van der Waals surface area contributed by atoms with Crippen molar-refractivity contribution in [1.82, 2.24) is 0 Å². The maximum atomic E-state index is 13.3. The lowest BCUT2D eigenvalue weighted by Gasteiger charge is -2.40. The average Bonchev–Trinajstić information content (AvgIpc) is 2.64. The molecule has 0 heterocycles. The first kappa shape index (κ1) is 36.3. The van der Waals surface area contributed by atoms with Crippen molar-refractivity contribution in [2.75, 3.05) is 6.61 Å². The van der Waals surface area contributed by atoms with Crippen molar-refractivity contribution in [3.05, 3.63) is 0 Å². The largest absolute Gasteiger partial charge is 0.460 e. The van der Waals surface area contributed by atoms with Gasteiger partial charge in [-0.2, -0.15) is 101 Å². The van der Waals surface area contributed by atoms with Crippen molar-refractivity contribution in [3.8, 4) is 0 Å². The molecule has 0 aliphatic heterocycles. The lowest BCUT2D eigenvalue weighted by Crippen LogP contribution is -2.69. The van der Waals surface area contributed by atoms with Gasteiger partial charge in [0.25, 0.3) is 0 Å². The van der Waals surface area contributed by atoms with Crippen molar-refractivity contribution >= 4 is 0 Å². The van der Waals surface area contributed by atoms with Gasteiger partial charge in [0.1, 0.15) is 6.61 Å². The van der Waals surface area contributed by atoms with E-state index in [4.69, 9.17) is 5.11 Å². The molecule has 0 rings (SSSR count). The molecule has 0 radical (unpaired) electrons. The molecule has 0 aromatic rings. The third-order valence-electron chi connectivity index (χ3n) is 3.78. The van der Waals surface area contributed by atoms with Crippen LogP contribution in [0.4, 0.5) is 101 Å². The normalized spacial score (nSPS) is 16.7. The van der Waals surface area contributed by atoms with Gasteiger partial charge in [-0.25, -0.2) is 9.47 Å². The van der Waals surface area contributed by atoms with Gasteiger partial charge in [-0.05, 0) is 0 Å². The van der Waals surface area contributed by atoms with Crippen LogP contribution in [0.5, 0.6) is 0 Å². The second-order valence-electron chi connectivity index (χ2n) is 6.50. The van der Waals surface area contributed by atoms with Gasteiger partial charge >= 0.3 is 66.1 Å². The molecule has 0 aliphatic carbocycles. The quantitative estimate of drug-likeness (QED) is 0.242. The summed E-state index contributed by atoms with van der Waals surface area (Å²) >= 11 is 0. The molecule has 230 valence electrons. The third kappa shape index (κ3) is 5.22. The minimum absolute atomic E-state index is 0.883. The van der Waals surface area contributed by atoms with E-state index in [9.17, 15) is 101 Å². The van der Waals surface area contributed by atoms with Crippen molar-refractivity contribution in [3.63, 3.8) is 0 Å². The predicted octanol–water partition coefficient (Wildman–Crippen LogP) is 6.76. The maximum Gasteiger partial charge on any atom is 0.460 e. The predicted molar refractivity (Wildman–Crippen MR) is 64.8 cm³/mol. The minimum atomic E-state index is -8.79. The molecular weight excluding hydrogens is 629 g/mol. The number of hydrogen-bond acceptors (Lipinski definition) is 3. The first-order valence-corrected chi connectivity index (χ1v) is 7.83. The van der Waals surface area contributed by atoms with Gasteiger partial charge in [0, 0.05) is 0 Å². The fourth-order valence-corrected chi connectivity index (χ4v) is 1.62. The number of hydrogen-bond donors (Lipinski definition) is 1. The summed E-state index contributed by atoms with van der Waals surface area (Å²) in [5, 5.41) is 7.82. The van der Waals surface area contributed by atoms with E-state index < -0.39 is 72.8 Å². The summed E-state index contributed by atoms with van der Waals surface area (Å²) in [6.45, 7) is -3.45. The van der Waals surface area contributed by atoms with Crippen LogP contribution in [-0.4, -0.2) is 77.9 Å². The highest BCUT2D eigenvalue weighted by molar-refractivity contribution is 5.02. The third-order valence-corrected chi connectivity index (χ3v) is 3.78. The van der Waals surface area contributed by atoms with Gasteiger partial charge in [-0.1, -0.05) is 0 Å². The van der Waals surface area contributed by atoms with Crippen molar-refractivity contribution in [2.24, 2.45) is 0 Å². The Morgan fingerprint density at radius 1 is 0.342 bits per heavy atom. The number of ether oxygens (including phenoxy) is 2. The van der Waals surface area contributed by atoms with E-state index in [-0.39, 0.29) is 0 Å². The summed E-state index contributed by atoms with van der Waals surface area (Å²) in [6.07, 6.45) is -41.0. The van der Waals surface area contributed by atoms with Crippen LogP contribution in [0.15, 0.2) is 0 Å². The van der Waals surface area contributed by atoms with Crippen molar-refractivity contribution in [1.29, 1.82) is 0 Å². The number of alkyl halides is 23. The number of rotatable bonds is 12. The Labute approximate surface area is 190 Å². The Morgan fingerprint density at radius 2 is 0.553 bits per heavy atom. The number of halogens is 23. The summed E-state index contributed by atoms with van der Waals surface area (Å²) in [5.74, 6) is -48.4. The smallest absolute Gasteiger partial charge is 0.390 e. The van der Waals surface area contributed by atoms with Crippen LogP contribution >= 0.6 is 0 Å². The maximum absolute atomic E-state index is 13.3. The fraction of sp³-hybridized carbons (Fsp3) is 1.00. The van der Waals surface area contributed by atoms with E-state index in [1.807, 2.05) is 0 Å². The molecule has 0 aliphatic rings. The molecule has 0 saturated heterocycles.